The fraction of sp³-hybridized carbons (Fsp3) is 0.625. The van der Waals surface area contributed by atoms with E-state index in [1.54, 1.807) is 0 Å². The molecule has 2 saturated heterocycles. The highest BCUT2D eigenvalue weighted by Crippen LogP contribution is 2.27. The van der Waals surface area contributed by atoms with Crippen molar-refractivity contribution in [1.82, 2.24) is 9.80 Å². The van der Waals surface area contributed by atoms with E-state index in [1.165, 1.54) is 5.56 Å². The highest BCUT2D eigenvalue weighted by Gasteiger charge is 2.38. The molecule has 2 fully saturated rings. The number of likely N-dealkylation sites (tertiary alicyclic amines) is 1. The van der Waals surface area contributed by atoms with Crippen LogP contribution >= 0.6 is 11.6 Å². The molecule has 3 aliphatic rings. The molecule has 7 nitrogen and oxygen atoms in total. The number of ether oxygens (including phenoxy) is 1. The number of carbonyl (C=O) groups excluding carboxylic acids is 1. The van der Waals surface area contributed by atoms with Gasteiger partial charge in [-0.2, -0.15) is 0 Å². The van der Waals surface area contributed by atoms with Crippen LogP contribution in [0.3, 0.4) is 0 Å². The summed E-state index contributed by atoms with van der Waals surface area (Å²) < 4.78 is 6.11. The third-order valence-electron chi connectivity index (χ3n) is 6.62. The summed E-state index contributed by atoms with van der Waals surface area (Å²) >= 11 is 6.07. The maximum atomic E-state index is 12.8. The van der Waals surface area contributed by atoms with Gasteiger partial charge < -0.3 is 15.4 Å². The third-order valence-corrected chi connectivity index (χ3v) is 6.87. The standard InChI is InChI=1S/C24H34ClN5O2/c1-16(2)11-21(31)22-14-30(20(15-32-22)12-17-3-5-18(25)6-4-17)19-7-9-29(10-8-19)24-13-23(26)27-28-24/h3-6,16,19-20,22H,7-15H2,1-2H3,(H2,26,27)/t20-,22+/m0/s1. The number of carbonyl (C=O) groups is 1. The van der Waals surface area contributed by atoms with Crippen LogP contribution in [0, 0.1) is 5.92 Å². The van der Waals surface area contributed by atoms with Crippen molar-refractivity contribution in [3.05, 3.63) is 34.9 Å². The second-order valence-corrected chi connectivity index (χ2v) is 10.0. The number of morpholine rings is 1. The molecule has 3 aliphatic heterocycles. The molecule has 4 rings (SSSR count). The molecule has 2 atom stereocenters. The van der Waals surface area contributed by atoms with Gasteiger partial charge in [-0.3, -0.25) is 9.69 Å². The third kappa shape index (κ3) is 5.69. The molecule has 1 aromatic rings. The van der Waals surface area contributed by atoms with Gasteiger partial charge in [0.05, 0.1) is 13.0 Å². The van der Waals surface area contributed by atoms with Crippen molar-refractivity contribution in [3.8, 4) is 0 Å². The van der Waals surface area contributed by atoms with Gasteiger partial charge in [-0.05, 0) is 42.9 Å². The van der Waals surface area contributed by atoms with Gasteiger partial charge in [0.25, 0.3) is 0 Å². The van der Waals surface area contributed by atoms with Crippen LogP contribution in [0.1, 0.15) is 45.1 Å². The summed E-state index contributed by atoms with van der Waals surface area (Å²) in [6.07, 6.45) is 3.83. The first-order valence-electron chi connectivity index (χ1n) is 11.7. The Kier molecular flexibility index (Phi) is 7.48. The Hall–Kier alpha value is -1.96. The van der Waals surface area contributed by atoms with Crippen molar-refractivity contribution < 1.29 is 9.53 Å². The summed E-state index contributed by atoms with van der Waals surface area (Å²) in [7, 11) is 0. The summed E-state index contributed by atoms with van der Waals surface area (Å²) in [5, 5.41) is 8.97. The smallest absolute Gasteiger partial charge is 0.163 e. The Morgan fingerprint density at radius 3 is 2.56 bits per heavy atom. The monoisotopic (exact) mass is 459 g/mol. The van der Waals surface area contributed by atoms with Crippen molar-refractivity contribution in [2.45, 2.75) is 64.1 Å². The first-order chi connectivity index (χ1) is 15.4. The van der Waals surface area contributed by atoms with E-state index in [0.29, 0.717) is 43.8 Å². The van der Waals surface area contributed by atoms with Gasteiger partial charge in [0.1, 0.15) is 17.8 Å². The van der Waals surface area contributed by atoms with Gasteiger partial charge in [-0.1, -0.05) is 37.6 Å². The van der Waals surface area contributed by atoms with Gasteiger partial charge in [-0.25, -0.2) is 0 Å². The molecule has 0 bridgehead atoms. The first kappa shape index (κ1) is 23.2. The molecule has 0 amide bonds. The molecule has 0 radical (unpaired) electrons. The van der Waals surface area contributed by atoms with Crippen LogP contribution in [-0.2, 0) is 16.0 Å². The minimum atomic E-state index is -0.329. The van der Waals surface area contributed by atoms with Crippen molar-refractivity contribution in [2.75, 3.05) is 26.2 Å². The zero-order chi connectivity index (χ0) is 22.7. The SMILES string of the molecule is CC(C)CC(=O)[C@H]1CN(C2CCN(C3=NN=C(N)C3)CC2)[C@@H](Cc2ccc(Cl)cc2)CO1. The Morgan fingerprint density at radius 1 is 1.22 bits per heavy atom. The number of nitrogens with two attached hydrogens (primary N) is 1. The van der Waals surface area contributed by atoms with E-state index in [4.69, 9.17) is 22.1 Å². The van der Waals surface area contributed by atoms with Crippen LogP contribution < -0.4 is 5.73 Å². The topological polar surface area (TPSA) is 83.5 Å². The fourth-order valence-electron chi connectivity index (χ4n) is 4.95. The second-order valence-electron chi connectivity index (χ2n) is 9.57. The van der Waals surface area contributed by atoms with E-state index in [0.717, 1.165) is 43.2 Å². The highest BCUT2D eigenvalue weighted by atomic mass is 35.5. The number of piperidine rings is 1. The molecule has 0 unspecified atom stereocenters. The quantitative estimate of drug-likeness (QED) is 0.706. The van der Waals surface area contributed by atoms with Crippen molar-refractivity contribution in [2.24, 2.45) is 21.9 Å². The van der Waals surface area contributed by atoms with Gasteiger partial charge in [0, 0.05) is 43.2 Å². The van der Waals surface area contributed by atoms with E-state index in [2.05, 4.69) is 46.0 Å². The Bertz CT molecular complexity index is 862. The van der Waals surface area contributed by atoms with Gasteiger partial charge >= 0.3 is 0 Å². The average Bonchev–Trinajstić information content (AvgIpc) is 3.21. The van der Waals surface area contributed by atoms with E-state index in [9.17, 15) is 4.79 Å². The molecular weight excluding hydrogens is 426 g/mol. The maximum Gasteiger partial charge on any atom is 0.163 e. The zero-order valence-corrected chi connectivity index (χ0v) is 19.8. The van der Waals surface area contributed by atoms with Crippen molar-refractivity contribution in [1.29, 1.82) is 0 Å². The number of rotatable bonds is 6. The van der Waals surface area contributed by atoms with Crippen LogP contribution in [-0.4, -0.2) is 71.7 Å². The fourth-order valence-corrected chi connectivity index (χ4v) is 5.07. The van der Waals surface area contributed by atoms with E-state index >= 15 is 0 Å². The largest absolute Gasteiger partial charge is 0.385 e. The maximum absolute atomic E-state index is 12.8. The summed E-state index contributed by atoms with van der Waals surface area (Å²) in [5.74, 6) is 2.13. The minimum Gasteiger partial charge on any atom is -0.385 e. The number of ketones is 1. The molecule has 0 saturated carbocycles. The Balaban J connectivity index is 1.43. The van der Waals surface area contributed by atoms with Crippen LogP contribution in [0.2, 0.25) is 5.02 Å². The lowest BCUT2D eigenvalue weighted by Crippen LogP contribution is -2.58. The lowest BCUT2D eigenvalue weighted by Gasteiger charge is -2.46. The summed E-state index contributed by atoms with van der Waals surface area (Å²) in [5.41, 5.74) is 7.04. The van der Waals surface area contributed by atoms with Crippen molar-refractivity contribution in [3.63, 3.8) is 0 Å². The van der Waals surface area contributed by atoms with Gasteiger partial charge in [0.15, 0.2) is 5.78 Å². The Morgan fingerprint density at radius 2 is 1.94 bits per heavy atom. The summed E-state index contributed by atoms with van der Waals surface area (Å²) in [6.45, 7) is 7.28. The molecular formula is C24H34ClN5O2. The number of benzene rings is 1. The van der Waals surface area contributed by atoms with E-state index < -0.39 is 0 Å². The van der Waals surface area contributed by atoms with Gasteiger partial charge in [-0.15, -0.1) is 10.2 Å². The molecule has 0 aliphatic carbocycles. The number of amidine groups is 2. The highest BCUT2D eigenvalue weighted by molar-refractivity contribution is 6.30. The Labute approximate surface area is 195 Å². The number of hydrogen-bond donors (Lipinski definition) is 1. The molecule has 8 heteroatoms. The van der Waals surface area contributed by atoms with Crippen LogP contribution in [0.25, 0.3) is 0 Å². The van der Waals surface area contributed by atoms with E-state index in [1.807, 2.05) is 12.1 Å². The number of nitrogens with zero attached hydrogens (tertiary/aromatic N) is 4. The van der Waals surface area contributed by atoms with Gasteiger partial charge in [0.2, 0.25) is 0 Å². The minimum absolute atomic E-state index is 0.223. The molecule has 2 N–H and O–H groups in total. The zero-order valence-electron chi connectivity index (χ0n) is 19.0. The molecule has 1 aromatic carbocycles. The van der Waals surface area contributed by atoms with Crippen LogP contribution in [0.15, 0.2) is 34.5 Å². The van der Waals surface area contributed by atoms with Crippen LogP contribution in [0.4, 0.5) is 0 Å². The van der Waals surface area contributed by atoms with E-state index in [-0.39, 0.29) is 17.9 Å². The average molecular weight is 460 g/mol. The normalized spacial score (nSPS) is 25.2. The number of halogens is 1. The predicted molar refractivity (Wildman–Crippen MR) is 128 cm³/mol. The lowest BCUT2D eigenvalue weighted by atomic mass is 9.94. The molecule has 32 heavy (non-hydrogen) atoms. The number of Topliss-reactive ketones (excluding diaryl/α,β-unsaturated/α-hetero) is 1. The molecule has 0 spiro atoms. The summed E-state index contributed by atoms with van der Waals surface area (Å²) in [4.78, 5) is 17.6. The van der Waals surface area contributed by atoms with Crippen molar-refractivity contribution >= 4 is 29.1 Å². The predicted octanol–water partition coefficient (Wildman–Crippen LogP) is 3.11. The molecule has 3 heterocycles. The second kappa shape index (κ2) is 10.3. The lowest BCUT2D eigenvalue weighted by molar-refractivity contribution is -0.144. The van der Waals surface area contributed by atoms with Crippen LogP contribution in [0.5, 0.6) is 0 Å². The molecule has 174 valence electrons. The number of hydrogen-bond acceptors (Lipinski definition) is 7. The summed E-state index contributed by atoms with van der Waals surface area (Å²) in [6, 6.07) is 8.72. The first-order valence-corrected chi connectivity index (χ1v) is 12.0. The molecule has 0 aromatic heterocycles.